The molecule has 0 aromatic heterocycles. The molecule has 3 saturated carbocycles. The van der Waals surface area contributed by atoms with Gasteiger partial charge in [0.25, 0.3) is 0 Å². The SMILES string of the molecule is C=C1[C@@H](C(=O)O[C@@H]2CCC[C@@]23CCC[C@H]3NC(=O)C(C)(C)C)[C@H]2C=C[C@@H]1CC2. The Morgan fingerprint density at radius 2 is 1.82 bits per heavy atom. The Hall–Kier alpha value is -1.58. The summed E-state index contributed by atoms with van der Waals surface area (Å²) < 4.78 is 6.22. The van der Waals surface area contributed by atoms with Gasteiger partial charge >= 0.3 is 5.97 Å². The minimum absolute atomic E-state index is 0.0787. The zero-order chi connectivity index (χ0) is 20.1. The van der Waals surface area contributed by atoms with Gasteiger partial charge in [-0.05, 0) is 56.8 Å². The van der Waals surface area contributed by atoms with Crippen LogP contribution in [0.25, 0.3) is 0 Å². The maximum Gasteiger partial charge on any atom is 0.313 e. The average molecular weight is 386 g/mol. The number of esters is 1. The fourth-order valence-electron chi connectivity index (χ4n) is 6.09. The van der Waals surface area contributed by atoms with E-state index in [1.807, 2.05) is 20.8 Å². The van der Waals surface area contributed by atoms with Gasteiger partial charge in [0.15, 0.2) is 0 Å². The minimum Gasteiger partial charge on any atom is -0.461 e. The van der Waals surface area contributed by atoms with Gasteiger partial charge in [-0.1, -0.05) is 51.5 Å². The van der Waals surface area contributed by atoms with E-state index < -0.39 is 5.41 Å². The quantitative estimate of drug-likeness (QED) is 0.573. The number of nitrogens with one attached hydrogen (secondary N) is 1. The molecular weight excluding hydrogens is 350 g/mol. The van der Waals surface area contributed by atoms with Gasteiger partial charge in [-0.15, -0.1) is 0 Å². The van der Waals surface area contributed by atoms with Crippen LogP contribution in [-0.4, -0.2) is 24.0 Å². The molecule has 4 nitrogen and oxygen atoms in total. The maximum atomic E-state index is 13.2. The molecule has 154 valence electrons. The van der Waals surface area contributed by atoms with Crippen LogP contribution >= 0.6 is 0 Å². The fraction of sp³-hybridized carbons (Fsp3) is 0.750. The molecule has 0 aliphatic heterocycles. The zero-order valence-electron chi connectivity index (χ0n) is 17.6. The van der Waals surface area contributed by atoms with Crippen LogP contribution in [0.5, 0.6) is 0 Å². The molecule has 0 aromatic carbocycles. The fourth-order valence-corrected chi connectivity index (χ4v) is 6.09. The van der Waals surface area contributed by atoms with Crippen LogP contribution in [0.3, 0.4) is 0 Å². The molecule has 2 bridgehead atoms. The predicted molar refractivity (Wildman–Crippen MR) is 109 cm³/mol. The molecule has 28 heavy (non-hydrogen) atoms. The van der Waals surface area contributed by atoms with E-state index in [4.69, 9.17) is 4.74 Å². The molecule has 0 heterocycles. The highest BCUT2D eigenvalue weighted by molar-refractivity contribution is 5.82. The van der Waals surface area contributed by atoms with Gasteiger partial charge in [-0.3, -0.25) is 9.59 Å². The van der Waals surface area contributed by atoms with Crippen LogP contribution in [0, 0.1) is 28.6 Å². The third-order valence-corrected chi connectivity index (χ3v) is 7.78. The Balaban J connectivity index is 1.48. The van der Waals surface area contributed by atoms with Gasteiger partial charge in [0.2, 0.25) is 5.91 Å². The molecule has 0 unspecified atom stereocenters. The summed E-state index contributed by atoms with van der Waals surface area (Å²) in [5.74, 6) is 0.431. The Labute approximate surface area is 169 Å². The summed E-state index contributed by atoms with van der Waals surface area (Å²) in [6.07, 6.45) is 12.6. The van der Waals surface area contributed by atoms with Crippen LogP contribution in [0.2, 0.25) is 0 Å². The first-order valence-electron chi connectivity index (χ1n) is 11.1. The van der Waals surface area contributed by atoms with Gasteiger partial charge in [0, 0.05) is 16.9 Å². The van der Waals surface area contributed by atoms with Crippen molar-refractivity contribution in [1.29, 1.82) is 0 Å². The van der Waals surface area contributed by atoms with Crippen molar-refractivity contribution in [2.24, 2.45) is 28.6 Å². The molecule has 0 aromatic rings. The second kappa shape index (κ2) is 7.03. The standard InChI is InChI=1S/C24H35NO3/c1-15-16-9-11-17(12-10-16)20(15)21(26)28-19-8-6-14-24(19)13-5-7-18(24)25-22(27)23(2,3)4/h9,11,16-20H,1,5-8,10,12-14H2,2-4H3,(H,25,27)/t16-,17+,18-,19-,20-,24-/m1/s1. The number of allylic oxidation sites excluding steroid dienone is 2. The van der Waals surface area contributed by atoms with Crippen molar-refractivity contribution in [1.82, 2.24) is 5.32 Å². The second-order valence-corrected chi connectivity index (χ2v) is 10.5. The summed E-state index contributed by atoms with van der Waals surface area (Å²) in [7, 11) is 0. The highest BCUT2D eigenvalue weighted by Gasteiger charge is 2.54. The van der Waals surface area contributed by atoms with Crippen molar-refractivity contribution in [3.63, 3.8) is 0 Å². The lowest BCUT2D eigenvalue weighted by Crippen LogP contribution is -2.52. The van der Waals surface area contributed by atoms with Gasteiger partial charge in [0.1, 0.15) is 6.10 Å². The summed E-state index contributed by atoms with van der Waals surface area (Å²) in [6, 6.07) is 0.116. The van der Waals surface area contributed by atoms with E-state index in [1.165, 1.54) is 0 Å². The Morgan fingerprint density at radius 1 is 1.11 bits per heavy atom. The van der Waals surface area contributed by atoms with Crippen molar-refractivity contribution < 1.29 is 14.3 Å². The average Bonchev–Trinajstić information content (AvgIpc) is 3.23. The monoisotopic (exact) mass is 385 g/mol. The van der Waals surface area contributed by atoms with E-state index in [-0.39, 0.29) is 41.3 Å². The topological polar surface area (TPSA) is 55.4 Å². The van der Waals surface area contributed by atoms with E-state index in [2.05, 4.69) is 24.0 Å². The molecule has 4 heteroatoms. The summed E-state index contributed by atoms with van der Waals surface area (Å²) in [4.78, 5) is 25.8. The first-order chi connectivity index (χ1) is 13.2. The molecule has 1 amide bonds. The minimum atomic E-state index is -0.403. The summed E-state index contributed by atoms with van der Waals surface area (Å²) in [6.45, 7) is 10.1. The number of carbonyl (C=O) groups excluding carboxylic acids is 2. The Kier molecular flexibility index (Phi) is 4.96. The van der Waals surface area contributed by atoms with E-state index in [0.29, 0.717) is 5.92 Å². The number of fused-ring (bicyclic) bond motifs is 2. The predicted octanol–water partition coefficient (Wildman–Crippen LogP) is 4.55. The van der Waals surface area contributed by atoms with Crippen LogP contribution < -0.4 is 5.32 Å². The third-order valence-electron chi connectivity index (χ3n) is 7.78. The molecule has 5 aliphatic rings. The molecule has 6 atom stereocenters. The highest BCUT2D eigenvalue weighted by Crippen LogP contribution is 2.53. The van der Waals surface area contributed by atoms with E-state index in [0.717, 1.165) is 56.9 Å². The summed E-state index contributed by atoms with van der Waals surface area (Å²) in [5.41, 5.74) is 0.557. The molecule has 5 rings (SSSR count). The number of amides is 1. The van der Waals surface area contributed by atoms with Crippen molar-refractivity contribution >= 4 is 11.9 Å². The van der Waals surface area contributed by atoms with Crippen LogP contribution in [0.1, 0.15) is 72.1 Å². The lowest BCUT2D eigenvalue weighted by atomic mass is 9.66. The lowest BCUT2D eigenvalue weighted by Gasteiger charge is -2.41. The van der Waals surface area contributed by atoms with E-state index >= 15 is 0 Å². The smallest absolute Gasteiger partial charge is 0.313 e. The number of carbonyl (C=O) groups is 2. The van der Waals surface area contributed by atoms with E-state index in [1.54, 1.807) is 0 Å². The number of hydrogen-bond donors (Lipinski definition) is 1. The molecule has 3 fully saturated rings. The maximum absolute atomic E-state index is 13.2. The van der Waals surface area contributed by atoms with Crippen molar-refractivity contribution in [2.45, 2.75) is 84.3 Å². The third kappa shape index (κ3) is 3.23. The molecule has 0 saturated heterocycles. The van der Waals surface area contributed by atoms with Gasteiger partial charge in [-0.25, -0.2) is 0 Å². The summed E-state index contributed by atoms with van der Waals surface area (Å²) >= 11 is 0. The normalized spacial score (nSPS) is 39.5. The second-order valence-electron chi connectivity index (χ2n) is 10.5. The molecular formula is C24H35NO3. The number of ether oxygens (including phenoxy) is 1. The molecule has 1 spiro atoms. The van der Waals surface area contributed by atoms with Crippen molar-refractivity contribution in [3.05, 3.63) is 24.3 Å². The first-order valence-corrected chi connectivity index (χ1v) is 11.1. The zero-order valence-corrected chi connectivity index (χ0v) is 17.6. The van der Waals surface area contributed by atoms with Crippen molar-refractivity contribution in [2.75, 3.05) is 0 Å². The van der Waals surface area contributed by atoms with Gasteiger partial charge < -0.3 is 10.1 Å². The van der Waals surface area contributed by atoms with Gasteiger partial charge in [0.05, 0.1) is 5.92 Å². The number of hydrogen-bond acceptors (Lipinski definition) is 3. The largest absolute Gasteiger partial charge is 0.461 e. The molecule has 0 radical (unpaired) electrons. The van der Waals surface area contributed by atoms with Gasteiger partial charge in [-0.2, -0.15) is 0 Å². The molecule has 5 aliphatic carbocycles. The van der Waals surface area contributed by atoms with E-state index in [9.17, 15) is 9.59 Å². The number of rotatable bonds is 3. The highest BCUT2D eigenvalue weighted by atomic mass is 16.5. The Morgan fingerprint density at radius 3 is 2.43 bits per heavy atom. The Bertz CT molecular complexity index is 699. The summed E-state index contributed by atoms with van der Waals surface area (Å²) in [5, 5.41) is 3.31. The molecule has 1 N–H and O–H groups in total. The van der Waals surface area contributed by atoms with Crippen molar-refractivity contribution in [3.8, 4) is 0 Å². The van der Waals surface area contributed by atoms with Crippen LogP contribution in [-0.2, 0) is 14.3 Å². The van der Waals surface area contributed by atoms with Crippen LogP contribution in [0.15, 0.2) is 24.3 Å². The van der Waals surface area contributed by atoms with Crippen LogP contribution in [0.4, 0.5) is 0 Å². The first kappa shape index (κ1) is 19.7. The lowest BCUT2D eigenvalue weighted by molar-refractivity contribution is -0.161.